The van der Waals surface area contributed by atoms with Crippen molar-refractivity contribution < 1.29 is 4.79 Å². The van der Waals surface area contributed by atoms with E-state index in [0.717, 1.165) is 46.4 Å². The van der Waals surface area contributed by atoms with Gasteiger partial charge in [0.2, 0.25) is 5.91 Å². The zero-order valence-corrected chi connectivity index (χ0v) is 16.4. The fourth-order valence-corrected chi connectivity index (χ4v) is 3.38. The van der Waals surface area contributed by atoms with Crippen LogP contribution in [0.4, 0.5) is 11.5 Å². The fourth-order valence-electron chi connectivity index (χ4n) is 3.38. The molecule has 2 heterocycles. The molecule has 0 atom stereocenters. The summed E-state index contributed by atoms with van der Waals surface area (Å²) in [6.07, 6.45) is 5.46. The number of pyridine rings is 1. The Balaban J connectivity index is 1.40. The number of hydrogen-bond donors (Lipinski definition) is 2. The lowest BCUT2D eigenvalue weighted by Gasteiger charge is -2.12. The highest BCUT2D eigenvalue weighted by Gasteiger charge is 2.29. The Bertz CT molecular complexity index is 1200. The quantitative estimate of drug-likeness (QED) is 0.497. The third-order valence-electron chi connectivity index (χ3n) is 5.14. The Labute approximate surface area is 174 Å². The Morgan fingerprint density at radius 2 is 1.80 bits per heavy atom. The number of rotatable bonds is 6. The molecule has 2 aromatic heterocycles. The van der Waals surface area contributed by atoms with E-state index < -0.39 is 0 Å². The zero-order valence-electron chi connectivity index (χ0n) is 16.4. The summed E-state index contributed by atoms with van der Waals surface area (Å²) in [6.45, 7) is 0.587. The lowest BCUT2D eigenvalue weighted by molar-refractivity contribution is -0.117. The van der Waals surface area contributed by atoms with Crippen LogP contribution in [0.5, 0.6) is 0 Å². The molecule has 0 spiro atoms. The van der Waals surface area contributed by atoms with Crippen molar-refractivity contribution in [2.45, 2.75) is 19.4 Å². The number of nitrogens with one attached hydrogen (secondary N) is 2. The van der Waals surface area contributed by atoms with Crippen LogP contribution in [-0.2, 0) is 11.3 Å². The highest BCUT2D eigenvalue weighted by molar-refractivity contribution is 5.94. The molecule has 1 aliphatic carbocycles. The van der Waals surface area contributed by atoms with Gasteiger partial charge in [0.15, 0.2) is 5.82 Å². The van der Waals surface area contributed by atoms with Gasteiger partial charge in [0, 0.05) is 41.5 Å². The van der Waals surface area contributed by atoms with Crippen LogP contribution >= 0.6 is 0 Å². The summed E-state index contributed by atoms with van der Waals surface area (Å²) in [5.74, 6) is 1.73. The number of carbonyl (C=O) groups is 1. The van der Waals surface area contributed by atoms with Crippen LogP contribution in [0.1, 0.15) is 18.4 Å². The number of aromatic nitrogens is 3. The lowest BCUT2D eigenvalue weighted by Crippen LogP contribution is -2.13. The number of carbonyl (C=O) groups excluding carboxylic acids is 1. The first-order chi connectivity index (χ1) is 14.8. The van der Waals surface area contributed by atoms with Crippen LogP contribution in [0.25, 0.3) is 22.3 Å². The van der Waals surface area contributed by atoms with Crippen molar-refractivity contribution in [3.05, 3.63) is 78.6 Å². The van der Waals surface area contributed by atoms with E-state index in [1.807, 2.05) is 60.7 Å². The maximum absolute atomic E-state index is 12.0. The minimum Gasteiger partial charge on any atom is -0.365 e. The molecule has 0 bridgehead atoms. The Morgan fingerprint density at radius 1 is 0.967 bits per heavy atom. The Hall–Kier alpha value is -3.80. The van der Waals surface area contributed by atoms with Crippen molar-refractivity contribution >= 4 is 28.3 Å². The van der Waals surface area contributed by atoms with Gasteiger partial charge in [-0.15, -0.1) is 0 Å². The minimum absolute atomic E-state index is 0.115. The topological polar surface area (TPSA) is 79.8 Å². The van der Waals surface area contributed by atoms with Gasteiger partial charge in [0.25, 0.3) is 0 Å². The van der Waals surface area contributed by atoms with Crippen molar-refractivity contribution in [3.63, 3.8) is 0 Å². The maximum atomic E-state index is 12.0. The number of nitrogens with zero attached hydrogens (tertiary/aromatic N) is 3. The van der Waals surface area contributed by atoms with Gasteiger partial charge >= 0.3 is 0 Å². The number of amides is 1. The summed E-state index contributed by atoms with van der Waals surface area (Å²) >= 11 is 0. The number of para-hydroxylation sites is 1. The number of fused-ring (bicyclic) bond motifs is 1. The van der Waals surface area contributed by atoms with E-state index in [9.17, 15) is 4.79 Å². The fraction of sp³-hybridized carbons (Fsp3) is 0.167. The molecule has 148 valence electrons. The second kappa shape index (κ2) is 7.91. The van der Waals surface area contributed by atoms with Crippen molar-refractivity contribution in [3.8, 4) is 11.4 Å². The average Bonchev–Trinajstić information content (AvgIpc) is 3.64. The van der Waals surface area contributed by atoms with Crippen LogP contribution in [-0.4, -0.2) is 20.9 Å². The molecule has 6 heteroatoms. The summed E-state index contributed by atoms with van der Waals surface area (Å²) in [4.78, 5) is 25.6. The van der Waals surface area contributed by atoms with Crippen LogP contribution in [0.15, 0.2) is 73.1 Å². The van der Waals surface area contributed by atoms with E-state index in [4.69, 9.17) is 9.97 Å². The van der Waals surface area contributed by atoms with E-state index in [1.54, 1.807) is 12.4 Å². The molecule has 0 radical (unpaired) electrons. The molecule has 1 aliphatic rings. The Morgan fingerprint density at radius 3 is 2.63 bits per heavy atom. The molecule has 1 fully saturated rings. The van der Waals surface area contributed by atoms with E-state index in [-0.39, 0.29) is 11.8 Å². The van der Waals surface area contributed by atoms with Crippen LogP contribution in [0, 0.1) is 5.92 Å². The van der Waals surface area contributed by atoms with Gasteiger partial charge in [-0.1, -0.05) is 24.3 Å². The second-order valence-corrected chi connectivity index (χ2v) is 7.47. The Kier molecular flexibility index (Phi) is 4.81. The van der Waals surface area contributed by atoms with Crippen LogP contribution in [0.2, 0.25) is 0 Å². The van der Waals surface area contributed by atoms with Gasteiger partial charge in [-0.3, -0.25) is 9.78 Å². The van der Waals surface area contributed by atoms with Crippen molar-refractivity contribution in [2.75, 3.05) is 10.6 Å². The summed E-state index contributed by atoms with van der Waals surface area (Å²) in [5.41, 5.74) is 3.70. The van der Waals surface area contributed by atoms with Gasteiger partial charge in [-0.05, 0) is 54.8 Å². The predicted octanol–water partition coefficient (Wildman–Crippen LogP) is 4.65. The van der Waals surface area contributed by atoms with Crippen molar-refractivity contribution in [1.29, 1.82) is 0 Å². The molecule has 30 heavy (non-hydrogen) atoms. The molecular formula is C24H21N5O. The first-order valence-corrected chi connectivity index (χ1v) is 10.1. The highest BCUT2D eigenvalue weighted by Crippen LogP contribution is 2.30. The third-order valence-corrected chi connectivity index (χ3v) is 5.14. The average molecular weight is 395 g/mol. The SMILES string of the molecule is O=C(Nc1cccc(CNc2nc(-c3ccncc3)nc3ccccc23)c1)C1CC1. The third kappa shape index (κ3) is 3.98. The van der Waals surface area contributed by atoms with Crippen LogP contribution in [0.3, 0.4) is 0 Å². The molecule has 6 nitrogen and oxygen atoms in total. The van der Waals surface area contributed by atoms with Gasteiger partial charge in [-0.2, -0.15) is 0 Å². The largest absolute Gasteiger partial charge is 0.365 e. The number of hydrogen-bond acceptors (Lipinski definition) is 5. The molecule has 1 saturated carbocycles. The van der Waals surface area contributed by atoms with Gasteiger partial charge < -0.3 is 10.6 Å². The number of benzene rings is 2. The molecule has 2 N–H and O–H groups in total. The molecular weight excluding hydrogens is 374 g/mol. The highest BCUT2D eigenvalue weighted by atomic mass is 16.2. The summed E-state index contributed by atoms with van der Waals surface area (Å²) in [6, 6.07) is 19.7. The second-order valence-electron chi connectivity index (χ2n) is 7.47. The van der Waals surface area contributed by atoms with E-state index >= 15 is 0 Å². The lowest BCUT2D eigenvalue weighted by atomic mass is 10.1. The van der Waals surface area contributed by atoms with E-state index in [2.05, 4.69) is 15.6 Å². The van der Waals surface area contributed by atoms with Gasteiger partial charge in [0.1, 0.15) is 5.82 Å². The molecule has 5 rings (SSSR count). The molecule has 1 amide bonds. The summed E-state index contributed by atoms with van der Waals surface area (Å²) < 4.78 is 0. The molecule has 0 saturated heterocycles. The monoisotopic (exact) mass is 395 g/mol. The van der Waals surface area contributed by atoms with Gasteiger partial charge in [-0.25, -0.2) is 9.97 Å². The maximum Gasteiger partial charge on any atom is 0.227 e. The predicted molar refractivity (Wildman–Crippen MR) is 118 cm³/mol. The summed E-state index contributed by atoms with van der Waals surface area (Å²) in [7, 11) is 0. The number of anilines is 2. The molecule has 2 aromatic carbocycles. The van der Waals surface area contributed by atoms with Crippen molar-refractivity contribution in [2.24, 2.45) is 5.92 Å². The molecule has 4 aromatic rings. The molecule has 0 aliphatic heterocycles. The first kappa shape index (κ1) is 18.2. The minimum atomic E-state index is 0.115. The molecule has 0 unspecified atom stereocenters. The van der Waals surface area contributed by atoms with E-state index in [1.165, 1.54) is 0 Å². The normalized spacial score (nSPS) is 13.2. The first-order valence-electron chi connectivity index (χ1n) is 10.1. The zero-order chi connectivity index (χ0) is 20.3. The van der Waals surface area contributed by atoms with Gasteiger partial charge in [0.05, 0.1) is 5.52 Å². The summed E-state index contributed by atoms with van der Waals surface area (Å²) in [5, 5.41) is 7.42. The standard InChI is InChI=1S/C24H21N5O/c30-24(18-8-9-18)27-19-5-3-4-16(14-19)15-26-23-20-6-1-2-7-21(20)28-22(29-23)17-10-12-25-13-11-17/h1-7,10-14,18H,8-9,15H2,(H,27,30)(H,26,28,29). The smallest absolute Gasteiger partial charge is 0.227 e. The van der Waals surface area contributed by atoms with Crippen LogP contribution < -0.4 is 10.6 Å². The van der Waals surface area contributed by atoms with E-state index in [0.29, 0.717) is 12.4 Å². The van der Waals surface area contributed by atoms with Crippen molar-refractivity contribution in [1.82, 2.24) is 15.0 Å².